The van der Waals surface area contributed by atoms with E-state index in [-0.39, 0.29) is 37.0 Å². The quantitative estimate of drug-likeness (QED) is 0.483. The summed E-state index contributed by atoms with van der Waals surface area (Å²) in [6.45, 7) is 1.25. The molecule has 1 heterocycles. The van der Waals surface area contributed by atoms with Crippen molar-refractivity contribution in [3.05, 3.63) is 0 Å². The number of nitrogens with zero attached hydrogens (tertiary/aromatic N) is 1. The SMILES string of the molecule is CC(=O)N1CC(=O)CCC1=O. The van der Waals surface area contributed by atoms with Gasteiger partial charge in [-0.1, -0.05) is 0 Å². The molecular weight excluding hydrogens is 146 g/mol. The van der Waals surface area contributed by atoms with E-state index in [1.807, 2.05) is 0 Å². The van der Waals surface area contributed by atoms with Crippen molar-refractivity contribution in [3.63, 3.8) is 0 Å². The van der Waals surface area contributed by atoms with Crippen molar-refractivity contribution in [1.29, 1.82) is 0 Å². The van der Waals surface area contributed by atoms with Gasteiger partial charge in [-0.25, -0.2) is 0 Å². The predicted octanol–water partition coefficient (Wildman–Crippen LogP) is -0.276. The van der Waals surface area contributed by atoms with Gasteiger partial charge in [0.15, 0.2) is 5.78 Å². The summed E-state index contributed by atoms with van der Waals surface area (Å²) < 4.78 is 0. The van der Waals surface area contributed by atoms with Gasteiger partial charge in [-0.3, -0.25) is 19.3 Å². The number of likely N-dealkylation sites (tertiary alicyclic amines) is 1. The van der Waals surface area contributed by atoms with Gasteiger partial charge >= 0.3 is 0 Å². The van der Waals surface area contributed by atoms with Crippen LogP contribution in [0.2, 0.25) is 0 Å². The fraction of sp³-hybridized carbons (Fsp3) is 0.571. The maximum atomic E-state index is 10.9. The summed E-state index contributed by atoms with van der Waals surface area (Å²) in [4.78, 5) is 33.4. The molecule has 0 saturated carbocycles. The molecular formula is C7H9NO3. The van der Waals surface area contributed by atoms with Crippen molar-refractivity contribution in [2.45, 2.75) is 19.8 Å². The predicted molar refractivity (Wildman–Crippen MR) is 36.6 cm³/mol. The van der Waals surface area contributed by atoms with E-state index >= 15 is 0 Å². The van der Waals surface area contributed by atoms with Crippen molar-refractivity contribution in [3.8, 4) is 0 Å². The zero-order valence-electron chi connectivity index (χ0n) is 6.29. The van der Waals surface area contributed by atoms with E-state index in [1.165, 1.54) is 6.92 Å². The van der Waals surface area contributed by atoms with Crippen LogP contribution in [-0.4, -0.2) is 29.0 Å². The molecule has 2 amide bonds. The Balaban J connectivity index is 2.69. The second-order valence-electron chi connectivity index (χ2n) is 2.54. The van der Waals surface area contributed by atoms with Gasteiger partial charge in [-0.15, -0.1) is 0 Å². The molecule has 1 fully saturated rings. The van der Waals surface area contributed by atoms with Gasteiger partial charge in [0.05, 0.1) is 6.54 Å². The minimum absolute atomic E-state index is 0.0336. The molecule has 0 unspecified atom stereocenters. The van der Waals surface area contributed by atoms with E-state index in [2.05, 4.69) is 0 Å². The molecule has 11 heavy (non-hydrogen) atoms. The summed E-state index contributed by atoms with van der Waals surface area (Å²) in [5.41, 5.74) is 0. The Hall–Kier alpha value is -1.19. The number of amides is 2. The molecule has 1 aliphatic heterocycles. The minimum atomic E-state index is -0.344. The van der Waals surface area contributed by atoms with E-state index in [9.17, 15) is 14.4 Å². The molecule has 0 spiro atoms. The maximum Gasteiger partial charge on any atom is 0.230 e. The third-order valence-corrected chi connectivity index (χ3v) is 1.63. The Morgan fingerprint density at radius 1 is 1.36 bits per heavy atom. The minimum Gasteiger partial charge on any atom is -0.298 e. The number of Topliss-reactive ketones (excluding diaryl/α,β-unsaturated/α-hetero) is 1. The van der Waals surface area contributed by atoms with Gasteiger partial charge in [-0.2, -0.15) is 0 Å². The van der Waals surface area contributed by atoms with Crippen molar-refractivity contribution >= 4 is 17.6 Å². The molecule has 60 valence electrons. The lowest BCUT2D eigenvalue weighted by atomic mass is 10.1. The molecule has 0 atom stereocenters. The van der Waals surface area contributed by atoms with E-state index in [0.717, 1.165) is 4.90 Å². The first-order chi connectivity index (χ1) is 5.11. The zero-order valence-corrected chi connectivity index (χ0v) is 6.29. The number of hydrogen-bond acceptors (Lipinski definition) is 3. The molecule has 1 aliphatic rings. The van der Waals surface area contributed by atoms with Crippen LogP contribution in [0.15, 0.2) is 0 Å². The Morgan fingerprint density at radius 2 is 2.00 bits per heavy atom. The molecule has 0 aromatic carbocycles. The van der Waals surface area contributed by atoms with Gasteiger partial charge in [0.2, 0.25) is 11.8 Å². The van der Waals surface area contributed by atoms with Crippen LogP contribution < -0.4 is 0 Å². The third-order valence-electron chi connectivity index (χ3n) is 1.63. The van der Waals surface area contributed by atoms with Crippen molar-refractivity contribution in [2.24, 2.45) is 0 Å². The van der Waals surface area contributed by atoms with Crippen LogP contribution in [0.3, 0.4) is 0 Å². The fourth-order valence-corrected chi connectivity index (χ4v) is 1.01. The van der Waals surface area contributed by atoms with Gasteiger partial charge < -0.3 is 0 Å². The Labute approximate surface area is 64.2 Å². The van der Waals surface area contributed by atoms with Crippen molar-refractivity contribution in [1.82, 2.24) is 4.90 Å². The van der Waals surface area contributed by atoms with Crippen LogP contribution in [0.5, 0.6) is 0 Å². The average molecular weight is 155 g/mol. The van der Waals surface area contributed by atoms with Crippen LogP contribution in [0, 0.1) is 0 Å². The number of imide groups is 1. The van der Waals surface area contributed by atoms with E-state index in [0.29, 0.717) is 0 Å². The number of hydrogen-bond donors (Lipinski definition) is 0. The Morgan fingerprint density at radius 3 is 2.45 bits per heavy atom. The second kappa shape index (κ2) is 2.82. The first kappa shape index (κ1) is 7.91. The normalized spacial score (nSPS) is 18.8. The number of carbonyl (C=O) groups excluding carboxylic acids is 3. The maximum absolute atomic E-state index is 10.9. The van der Waals surface area contributed by atoms with E-state index < -0.39 is 0 Å². The monoisotopic (exact) mass is 155 g/mol. The van der Waals surface area contributed by atoms with E-state index in [4.69, 9.17) is 0 Å². The van der Waals surface area contributed by atoms with Crippen LogP contribution >= 0.6 is 0 Å². The van der Waals surface area contributed by atoms with Gasteiger partial charge in [0.25, 0.3) is 0 Å². The first-order valence-electron chi connectivity index (χ1n) is 3.44. The molecule has 0 bridgehead atoms. The summed E-state index contributed by atoms with van der Waals surface area (Å²) in [7, 11) is 0. The van der Waals surface area contributed by atoms with Crippen LogP contribution in [-0.2, 0) is 14.4 Å². The van der Waals surface area contributed by atoms with Gasteiger partial charge in [0.1, 0.15) is 0 Å². The number of piperidine rings is 1. The van der Waals surface area contributed by atoms with Crippen LogP contribution in [0.1, 0.15) is 19.8 Å². The van der Waals surface area contributed by atoms with Gasteiger partial charge in [-0.05, 0) is 0 Å². The summed E-state index contributed by atoms with van der Waals surface area (Å²) in [5, 5.41) is 0. The zero-order chi connectivity index (χ0) is 8.43. The second-order valence-corrected chi connectivity index (χ2v) is 2.54. The van der Waals surface area contributed by atoms with Crippen LogP contribution in [0.4, 0.5) is 0 Å². The molecule has 0 aromatic heterocycles. The molecule has 4 nitrogen and oxygen atoms in total. The molecule has 4 heteroatoms. The lowest BCUT2D eigenvalue weighted by Crippen LogP contribution is -2.42. The molecule has 1 saturated heterocycles. The highest BCUT2D eigenvalue weighted by molar-refractivity contribution is 6.02. The van der Waals surface area contributed by atoms with Crippen molar-refractivity contribution < 1.29 is 14.4 Å². The molecule has 0 radical (unpaired) electrons. The summed E-state index contributed by atoms with van der Waals surface area (Å²) in [6.07, 6.45) is 0.459. The lowest BCUT2D eigenvalue weighted by Gasteiger charge is -2.22. The standard InChI is InChI=1S/C7H9NO3/c1-5(9)8-4-6(10)2-3-7(8)11/h2-4H2,1H3. The van der Waals surface area contributed by atoms with Crippen molar-refractivity contribution in [2.75, 3.05) is 6.54 Å². The number of rotatable bonds is 0. The highest BCUT2D eigenvalue weighted by atomic mass is 16.2. The summed E-state index contributed by atoms with van der Waals surface area (Å²) in [5.74, 6) is -0.625. The average Bonchev–Trinajstić information content (AvgIpc) is 1.94. The largest absolute Gasteiger partial charge is 0.298 e. The molecule has 0 aromatic rings. The summed E-state index contributed by atoms with van der Waals surface area (Å²) in [6, 6.07) is 0. The molecule has 1 rings (SSSR count). The summed E-state index contributed by atoms with van der Waals surface area (Å²) >= 11 is 0. The Kier molecular flexibility index (Phi) is 2.03. The van der Waals surface area contributed by atoms with Gasteiger partial charge in [0, 0.05) is 19.8 Å². The molecule has 0 N–H and O–H groups in total. The number of carbonyl (C=O) groups is 3. The Bertz CT molecular complexity index is 222. The topological polar surface area (TPSA) is 54.5 Å². The highest BCUT2D eigenvalue weighted by Crippen LogP contribution is 2.07. The van der Waals surface area contributed by atoms with Crippen LogP contribution in [0.25, 0.3) is 0 Å². The third kappa shape index (κ3) is 1.63. The van der Waals surface area contributed by atoms with E-state index in [1.54, 1.807) is 0 Å². The highest BCUT2D eigenvalue weighted by Gasteiger charge is 2.25. The first-order valence-corrected chi connectivity index (χ1v) is 3.44. The lowest BCUT2D eigenvalue weighted by molar-refractivity contribution is -0.149. The fourth-order valence-electron chi connectivity index (χ4n) is 1.01. The number of ketones is 1. The smallest absolute Gasteiger partial charge is 0.230 e. The molecule has 0 aliphatic carbocycles.